The van der Waals surface area contributed by atoms with Crippen molar-refractivity contribution in [3.05, 3.63) is 0 Å². The van der Waals surface area contributed by atoms with E-state index in [1.165, 1.54) is 7.11 Å². The number of hydrogen-bond acceptors (Lipinski definition) is 4. The molecule has 0 bridgehead atoms. The lowest BCUT2D eigenvalue weighted by Gasteiger charge is -2.38. The molecule has 0 spiro atoms. The molecule has 0 radical (unpaired) electrons. The van der Waals surface area contributed by atoms with Gasteiger partial charge in [-0.05, 0) is 45.6 Å². The van der Waals surface area contributed by atoms with Gasteiger partial charge < -0.3 is 9.64 Å². The Morgan fingerprint density at radius 3 is 2.32 bits per heavy atom. The zero-order valence-electron chi connectivity index (χ0n) is 13.3. The maximum Gasteiger partial charge on any atom is 0.327 e. The van der Waals surface area contributed by atoms with Crippen LogP contribution in [0.15, 0.2) is 0 Å². The maximum absolute atomic E-state index is 12.4. The van der Waals surface area contributed by atoms with E-state index in [2.05, 4.69) is 45.0 Å². The highest BCUT2D eigenvalue weighted by Crippen LogP contribution is 2.41. The number of ether oxygens (including phenoxy) is 1. The molecule has 4 heteroatoms. The van der Waals surface area contributed by atoms with Crippen molar-refractivity contribution in [3.8, 4) is 0 Å². The molecular weight excluding hydrogens is 240 g/mol. The predicted octanol–water partition coefficient (Wildman–Crippen LogP) is 1.89. The van der Waals surface area contributed by atoms with Crippen LogP contribution in [0.4, 0.5) is 0 Å². The summed E-state index contributed by atoms with van der Waals surface area (Å²) in [5, 5.41) is 3.49. The van der Waals surface area contributed by atoms with Gasteiger partial charge in [-0.3, -0.25) is 5.32 Å². The number of hydrogen-bond donors (Lipinski definition) is 1. The maximum atomic E-state index is 12.4. The second-order valence-corrected chi connectivity index (χ2v) is 6.63. The van der Waals surface area contributed by atoms with Gasteiger partial charge >= 0.3 is 5.97 Å². The lowest BCUT2D eigenvalue weighted by molar-refractivity contribution is -0.151. The van der Waals surface area contributed by atoms with Gasteiger partial charge in [-0.2, -0.15) is 0 Å². The molecule has 1 saturated carbocycles. The van der Waals surface area contributed by atoms with Gasteiger partial charge in [0.1, 0.15) is 5.54 Å². The van der Waals surface area contributed by atoms with Crippen LogP contribution in [0.25, 0.3) is 0 Å². The summed E-state index contributed by atoms with van der Waals surface area (Å²) in [6.45, 7) is 10.3. The Labute approximate surface area is 117 Å². The van der Waals surface area contributed by atoms with E-state index in [9.17, 15) is 4.79 Å². The highest BCUT2D eigenvalue weighted by molar-refractivity contribution is 5.82. The third kappa shape index (κ3) is 4.46. The molecule has 4 nitrogen and oxygen atoms in total. The minimum absolute atomic E-state index is 0.112. The molecule has 1 aliphatic rings. The van der Waals surface area contributed by atoms with E-state index < -0.39 is 5.54 Å². The van der Waals surface area contributed by atoms with Crippen LogP contribution in [-0.4, -0.2) is 49.7 Å². The molecule has 19 heavy (non-hydrogen) atoms. The van der Waals surface area contributed by atoms with Crippen LogP contribution in [-0.2, 0) is 9.53 Å². The van der Waals surface area contributed by atoms with Gasteiger partial charge in [0.25, 0.3) is 0 Å². The van der Waals surface area contributed by atoms with Gasteiger partial charge in [0, 0.05) is 19.1 Å². The smallest absolute Gasteiger partial charge is 0.327 e. The summed E-state index contributed by atoms with van der Waals surface area (Å²) in [5.74, 6) is 0.898. The van der Waals surface area contributed by atoms with Crippen molar-refractivity contribution in [1.82, 2.24) is 10.2 Å². The number of rotatable bonds is 8. The summed E-state index contributed by atoms with van der Waals surface area (Å²) in [6.07, 6.45) is 2.23. The van der Waals surface area contributed by atoms with Crippen molar-refractivity contribution in [2.45, 2.75) is 52.1 Å². The molecule has 0 aromatic heterocycles. The van der Waals surface area contributed by atoms with Crippen molar-refractivity contribution < 1.29 is 9.53 Å². The number of carbonyl (C=O) groups excluding carboxylic acids is 1. The van der Waals surface area contributed by atoms with Crippen molar-refractivity contribution >= 4 is 5.97 Å². The third-order valence-electron chi connectivity index (χ3n) is 3.57. The molecular formula is C15H30N2O2. The summed E-state index contributed by atoms with van der Waals surface area (Å²) >= 11 is 0. The van der Waals surface area contributed by atoms with Gasteiger partial charge in [-0.25, -0.2) is 4.79 Å². The molecule has 1 atom stereocenters. The zero-order chi connectivity index (χ0) is 14.6. The van der Waals surface area contributed by atoms with Gasteiger partial charge in [-0.15, -0.1) is 0 Å². The number of nitrogens with zero attached hydrogens (tertiary/aromatic N) is 1. The molecule has 1 fully saturated rings. The molecule has 1 rings (SSSR count). The molecule has 112 valence electrons. The molecule has 0 amide bonds. The van der Waals surface area contributed by atoms with E-state index in [1.807, 2.05) is 0 Å². The fraction of sp³-hybridized carbons (Fsp3) is 0.933. The third-order valence-corrected chi connectivity index (χ3v) is 3.57. The second kappa shape index (κ2) is 6.71. The van der Waals surface area contributed by atoms with Crippen molar-refractivity contribution in [2.75, 3.05) is 27.2 Å². The lowest BCUT2D eigenvalue weighted by atomic mass is 9.91. The topological polar surface area (TPSA) is 41.6 Å². The van der Waals surface area contributed by atoms with E-state index in [0.29, 0.717) is 11.8 Å². The van der Waals surface area contributed by atoms with Crippen molar-refractivity contribution in [1.29, 1.82) is 0 Å². The van der Waals surface area contributed by atoms with Gasteiger partial charge in [0.2, 0.25) is 0 Å². The van der Waals surface area contributed by atoms with E-state index >= 15 is 0 Å². The monoisotopic (exact) mass is 270 g/mol. The number of nitrogens with one attached hydrogen (secondary N) is 1. The normalized spacial score (nSPS) is 19.0. The number of carbonyl (C=O) groups is 1. The molecule has 0 aliphatic heterocycles. The van der Waals surface area contributed by atoms with Crippen LogP contribution in [0.2, 0.25) is 0 Å². The van der Waals surface area contributed by atoms with Crippen LogP contribution >= 0.6 is 0 Å². The fourth-order valence-electron chi connectivity index (χ4n) is 2.97. The number of likely N-dealkylation sites (N-methyl/N-ethyl adjacent to an activating group) is 1. The van der Waals surface area contributed by atoms with Crippen LogP contribution in [0.1, 0.15) is 40.5 Å². The quantitative estimate of drug-likeness (QED) is 0.684. The summed E-state index contributed by atoms with van der Waals surface area (Å²) in [7, 11) is 3.58. The van der Waals surface area contributed by atoms with Crippen LogP contribution < -0.4 is 5.32 Å². The average molecular weight is 270 g/mol. The Hall–Kier alpha value is -0.610. The first-order chi connectivity index (χ1) is 8.81. The largest absolute Gasteiger partial charge is 0.468 e. The Kier molecular flexibility index (Phi) is 5.81. The Morgan fingerprint density at radius 2 is 1.95 bits per heavy atom. The minimum atomic E-state index is -0.535. The van der Waals surface area contributed by atoms with Crippen LogP contribution in [0, 0.1) is 11.8 Å². The van der Waals surface area contributed by atoms with Gasteiger partial charge in [-0.1, -0.05) is 13.8 Å². The Bertz CT molecular complexity index is 301. The first kappa shape index (κ1) is 16.4. The molecule has 0 aromatic rings. The molecule has 1 aliphatic carbocycles. The summed E-state index contributed by atoms with van der Waals surface area (Å²) in [4.78, 5) is 14.6. The highest BCUT2D eigenvalue weighted by Gasteiger charge is 2.52. The Morgan fingerprint density at radius 1 is 1.37 bits per heavy atom. The van der Waals surface area contributed by atoms with E-state index in [0.717, 1.165) is 25.9 Å². The van der Waals surface area contributed by atoms with Crippen LogP contribution in [0.5, 0.6) is 0 Å². The summed E-state index contributed by atoms with van der Waals surface area (Å²) < 4.78 is 5.10. The minimum Gasteiger partial charge on any atom is -0.468 e. The zero-order valence-corrected chi connectivity index (χ0v) is 13.3. The second-order valence-electron chi connectivity index (χ2n) is 6.63. The van der Waals surface area contributed by atoms with E-state index in [4.69, 9.17) is 4.74 Å². The number of esters is 1. The first-order valence-corrected chi connectivity index (χ1v) is 7.36. The SMILES string of the molecule is COC(=O)C(CN(C)CC(C)C)(NC(C)C)C1CC1. The molecule has 0 saturated heterocycles. The molecule has 1 N–H and O–H groups in total. The lowest BCUT2D eigenvalue weighted by Crippen LogP contribution is -2.62. The summed E-state index contributed by atoms with van der Waals surface area (Å²) in [6, 6.07) is 0.271. The summed E-state index contributed by atoms with van der Waals surface area (Å²) in [5.41, 5.74) is -0.535. The number of methoxy groups -OCH3 is 1. The van der Waals surface area contributed by atoms with E-state index in [-0.39, 0.29) is 12.0 Å². The van der Waals surface area contributed by atoms with Gasteiger partial charge in [0.05, 0.1) is 7.11 Å². The predicted molar refractivity (Wildman–Crippen MR) is 78.1 cm³/mol. The molecule has 0 heterocycles. The first-order valence-electron chi connectivity index (χ1n) is 7.36. The van der Waals surface area contributed by atoms with Crippen LogP contribution in [0.3, 0.4) is 0 Å². The van der Waals surface area contributed by atoms with Crippen molar-refractivity contribution in [2.24, 2.45) is 11.8 Å². The van der Waals surface area contributed by atoms with Crippen molar-refractivity contribution in [3.63, 3.8) is 0 Å². The Balaban J connectivity index is 2.85. The average Bonchev–Trinajstić information content (AvgIpc) is 3.08. The fourth-order valence-corrected chi connectivity index (χ4v) is 2.97. The standard InChI is InChI=1S/C15H30N2O2/c1-11(2)9-17(5)10-15(13-7-8-13,14(18)19-6)16-12(3)4/h11-13,16H,7-10H2,1-6H3. The molecule has 1 unspecified atom stereocenters. The van der Waals surface area contributed by atoms with Gasteiger partial charge in [0.15, 0.2) is 0 Å². The highest BCUT2D eigenvalue weighted by atomic mass is 16.5. The van der Waals surface area contributed by atoms with E-state index in [1.54, 1.807) is 0 Å². The molecule has 0 aromatic carbocycles.